The first-order valence-electron chi connectivity index (χ1n) is 18.4. The van der Waals surface area contributed by atoms with Crippen molar-refractivity contribution < 1.29 is 4.74 Å². The van der Waals surface area contributed by atoms with Crippen molar-refractivity contribution in [3.05, 3.63) is 212 Å². The van der Waals surface area contributed by atoms with Gasteiger partial charge in [-0.15, -0.1) is 0 Å². The van der Waals surface area contributed by atoms with Crippen LogP contribution in [0.3, 0.4) is 0 Å². The SMILES string of the molecule is c1ccc(-c2ccc(N(c3ccc4c(c3)-c3cc5ccccc5cc3-c3ccc(-c5ccccc5)cc3O4)c3ccccc3-c3ccccc3)cc2)cc1. The third-order valence-electron chi connectivity index (χ3n) is 10.5. The van der Waals surface area contributed by atoms with Crippen LogP contribution in [0.25, 0.3) is 66.4 Å². The second kappa shape index (κ2) is 13.4. The van der Waals surface area contributed by atoms with Gasteiger partial charge in [0.05, 0.1) is 5.69 Å². The third kappa shape index (κ3) is 5.71. The second-order valence-electron chi connectivity index (χ2n) is 13.7. The predicted octanol–water partition coefficient (Wildman–Crippen LogP) is 14.8. The van der Waals surface area contributed by atoms with E-state index in [9.17, 15) is 0 Å². The van der Waals surface area contributed by atoms with Crippen molar-refractivity contribution in [2.75, 3.05) is 4.90 Å². The summed E-state index contributed by atoms with van der Waals surface area (Å²) in [5.41, 5.74) is 14.6. The fourth-order valence-electron chi connectivity index (χ4n) is 7.79. The first kappa shape index (κ1) is 31.6. The summed E-state index contributed by atoms with van der Waals surface area (Å²) >= 11 is 0. The summed E-state index contributed by atoms with van der Waals surface area (Å²) in [5, 5.41) is 2.39. The van der Waals surface area contributed by atoms with E-state index < -0.39 is 0 Å². The van der Waals surface area contributed by atoms with Crippen molar-refractivity contribution in [3.8, 4) is 67.1 Å². The maximum atomic E-state index is 6.96. The van der Waals surface area contributed by atoms with Crippen molar-refractivity contribution in [3.63, 3.8) is 0 Å². The number of anilines is 3. The minimum Gasteiger partial charge on any atom is -0.456 e. The molecular formula is C52H35NO. The molecule has 0 spiro atoms. The topological polar surface area (TPSA) is 12.5 Å². The van der Waals surface area contributed by atoms with Crippen LogP contribution >= 0.6 is 0 Å². The van der Waals surface area contributed by atoms with Gasteiger partial charge < -0.3 is 9.64 Å². The van der Waals surface area contributed by atoms with Crippen LogP contribution in [0.15, 0.2) is 212 Å². The van der Waals surface area contributed by atoms with Gasteiger partial charge in [-0.2, -0.15) is 0 Å². The zero-order valence-corrected chi connectivity index (χ0v) is 29.6. The third-order valence-corrected chi connectivity index (χ3v) is 10.5. The minimum absolute atomic E-state index is 0.829. The fourth-order valence-corrected chi connectivity index (χ4v) is 7.79. The Morgan fingerprint density at radius 2 is 0.796 bits per heavy atom. The van der Waals surface area contributed by atoms with E-state index in [-0.39, 0.29) is 0 Å². The maximum absolute atomic E-state index is 6.96. The lowest BCUT2D eigenvalue weighted by Crippen LogP contribution is -2.11. The Kier molecular flexibility index (Phi) is 7.85. The van der Waals surface area contributed by atoms with Crippen LogP contribution in [0.1, 0.15) is 0 Å². The number of benzene rings is 9. The smallest absolute Gasteiger partial charge is 0.135 e. The number of hydrogen-bond donors (Lipinski definition) is 0. The Balaban J connectivity index is 1.18. The van der Waals surface area contributed by atoms with Crippen LogP contribution in [0, 0.1) is 0 Å². The molecule has 54 heavy (non-hydrogen) atoms. The van der Waals surface area contributed by atoms with Gasteiger partial charge in [0.25, 0.3) is 0 Å². The molecule has 0 unspecified atom stereocenters. The highest BCUT2D eigenvalue weighted by Crippen LogP contribution is 2.51. The van der Waals surface area contributed by atoms with Gasteiger partial charge in [-0.3, -0.25) is 0 Å². The maximum Gasteiger partial charge on any atom is 0.135 e. The summed E-state index contributed by atoms with van der Waals surface area (Å²) in [4.78, 5) is 2.38. The number of para-hydroxylation sites is 1. The summed E-state index contributed by atoms with van der Waals surface area (Å²) in [6.45, 7) is 0. The summed E-state index contributed by atoms with van der Waals surface area (Å²) in [5.74, 6) is 1.68. The largest absolute Gasteiger partial charge is 0.456 e. The van der Waals surface area contributed by atoms with Gasteiger partial charge in [-0.1, -0.05) is 152 Å². The number of ether oxygens (including phenoxy) is 1. The van der Waals surface area contributed by atoms with E-state index in [1.54, 1.807) is 0 Å². The molecule has 0 atom stereocenters. The lowest BCUT2D eigenvalue weighted by atomic mass is 9.90. The Morgan fingerprint density at radius 1 is 0.278 bits per heavy atom. The number of fused-ring (bicyclic) bond motifs is 6. The molecule has 0 saturated heterocycles. The standard InChI is InChI=1S/C52H35NO/c1-4-14-36(15-5-1)38-24-27-43(28-25-38)53(50-23-13-12-22-45(50)39-18-8-3-9-19-39)44-29-31-51-49(35-44)48-33-41-21-11-10-20-40(41)32-47(48)46-30-26-42(34-52(46)54-51)37-16-6-2-7-17-37/h1-35H. The first-order valence-corrected chi connectivity index (χ1v) is 18.4. The molecule has 0 saturated carbocycles. The van der Waals surface area contributed by atoms with Gasteiger partial charge in [0.2, 0.25) is 0 Å². The number of hydrogen-bond acceptors (Lipinski definition) is 2. The molecule has 1 heterocycles. The second-order valence-corrected chi connectivity index (χ2v) is 13.7. The molecule has 0 aliphatic carbocycles. The molecule has 0 amide bonds. The minimum atomic E-state index is 0.829. The average molecular weight is 690 g/mol. The van der Waals surface area contributed by atoms with E-state index in [0.717, 1.165) is 67.5 Å². The predicted molar refractivity (Wildman–Crippen MR) is 226 cm³/mol. The van der Waals surface area contributed by atoms with E-state index in [1.807, 2.05) is 0 Å². The molecule has 10 rings (SSSR count). The van der Waals surface area contributed by atoms with Crippen LogP contribution in [-0.4, -0.2) is 0 Å². The van der Waals surface area contributed by atoms with Crippen LogP contribution in [0.4, 0.5) is 17.1 Å². The Morgan fingerprint density at radius 3 is 1.48 bits per heavy atom. The monoisotopic (exact) mass is 689 g/mol. The molecule has 0 N–H and O–H groups in total. The van der Waals surface area contributed by atoms with Gasteiger partial charge in [0.15, 0.2) is 0 Å². The molecule has 0 bridgehead atoms. The quantitative estimate of drug-likeness (QED) is 0.172. The highest BCUT2D eigenvalue weighted by molar-refractivity contribution is 6.01. The highest BCUT2D eigenvalue weighted by atomic mass is 16.5. The lowest BCUT2D eigenvalue weighted by Gasteiger charge is -2.29. The summed E-state index contributed by atoms with van der Waals surface area (Å²) in [6.07, 6.45) is 0. The molecule has 1 aliphatic rings. The van der Waals surface area contributed by atoms with E-state index in [2.05, 4.69) is 217 Å². The van der Waals surface area contributed by atoms with E-state index >= 15 is 0 Å². The molecule has 9 aromatic carbocycles. The normalized spacial score (nSPS) is 11.5. The van der Waals surface area contributed by atoms with Crippen molar-refractivity contribution in [2.24, 2.45) is 0 Å². The highest BCUT2D eigenvalue weighted by Gasteiger charge is 2.25. The van der Waals surface area contributed by atoms with Gasteiger partial charge in [0, 0.05) is 28.1 Å². The zero-order valence-electron chi connectivity index (χ0n) is 29.6. The molecule has 2 heteroatoms. The first-order chi connectivity index (χ1) is 26.8. The fraction of sp³-hybridized carbons (Fsp3) is 0. The van der Waals surface area contributed by atoms with E-state index in [0.29, 0.717) is 0 Å². The summed E-state index contributed by atoms with van der Waals surface area (Å²) in [7, 11) is 0. The molecule has 0 aromatic heterocycles. The molecular weight excluding hydrogens is 655 g/mol. The van der Waals surface area contributed by atoms with Crippen LogP contribution in [0.2, 0.25) is 0 Å². The van der Waals surface area contributed by atoms with Crippen molar-refractivity contribution >= 4 is 27.8 Å². The van der Waals surface area contributed by atoms with Crippen molar-refractivity contribution in [1.82, 2.24) is 0 Å². The van der Waals surface area contributed by atoms with Crippen molar-refractivity contribution in [2.45, 2.75) is 0 Å². The van der Waals surface area contributed by atoms with E-state index in [4.69, 9.17) is 4.74 Å². The lowest BCUT2D eigenvalue weighted by molar-refractivity contribution is 0.488. The number of rotatable bonds is 6. The van der Waals surface area contributed by atoms with E-state index in [1.165, 1.54) is 27.5 Å². The van der Waals surface area contributed by atoms with Gasteiger partial charge in [0.1, 0.15) is 11.5 Å². The van der Waals surface area contributed by atoms with Gasteiger partial charge in [-0.25, -0.2) is 0 Å². The van der Waals surface area contributed by atoms with Gasteiger partial charge >= 0.3 is 0 Å². The molecule has 0 fully saturated rings. The Bertz CT molecular complexity index is 2770. The van der Waals surface area contributed by atoms with Crippen LogP contribution < -0.4 is 9.64 Å². The molecule has 2 nitrogen and oxygen atoms in total. The van der Waals surface area contributed by atoms with Crippen LogP contribution in [0.5, 0.6) is 11.5 Å². The summed E-state index contributed by atoms with van der Waals surface area (Å²) < 4.78 is 6.96. The zero-order chi connectivity index (χ0) is 35.8. The molecule has 254 valence electrons. The van der Waals surface area contributed by atoms with Crippen molar-refractivity contribution in [1.29, 1.82) is 0 Å². The van der Waals surface area contributed by atoms with Gasteiger partial charge in [-0.05, 0) is 110 Å². The number of nitrogens with zero attached hydrogens (tertiary/aromatic N) is 1. The average Bonchev–Trinajstić information content (AvgIpc) is 3.38. The Labute approximate surface area is 315 Å². The molecule has 0 radical (unpaired) electrons. The molecule has 1 aliphatic heterocycles. The van der Waals surface area contributed by atoms with Crippen LogP contribution in [-0.2, 0) is 0 Å². The molecule has 9 aromatic rings. The summed E-state index contributed by atoms with van der Waals surface area (Å²) in [6, 6.07) is 75.8. The Hall–Kier alpha value is -7.16.